The van der Waals surface area contributed by atoms with Crippen LogP contribution in [0.1, 0.15) is 134 Å². The molecule has 0 aliphatic heterocycles. The molecule has 0 saturated heterocycles. The van der Waals surface area contributed by atoms with Gasteiger partial charge in [0.25, 0.3) is 0 Å². The summed E-state index contributed by atoms with van der Waals surface area (Å²) in [5.74, 6) is -1.33. The molecule has 8 nitrogen and oxygen atoms in total. The second-order valence-electron chi connectivity index (χ2n) is 18.1. The van der Waals surface area contributed by atoms with Gasteiger partial charge in [0, 0.05) is 26.9 Å². The lowest BCUT2D eigenvalue weighted by Gasteiger charge is -2.25. The van der Waals surface area contributed by atoms with Gasteiger partial charge in [0.1, 0.15) is 6.04 Å². The fourth-order valence-corrected chi connectivity index (χ4v) is 4.79. The molecule has 0 spiro atoms. The molecule has 2 aromatic carbocycles. The van der Waals surface area contributed by atoms with Gasteiger partial charge >= 0.3 is 5.97 Å². The van der Waals surface area contributed by atoms with E-state index in [2.05, 4.69) is 103 Å². The number of aliphatic hydroxyl groups is 1. The second kappa shape index (κ2) is 23.9. The van der Waals surface area contributed by atoms with E-state index in [1.165, 1.54) is 19.4 Å². The van der Waals surface area contributed by atoms with E-state index in [9.17, 15) is 19.2 Å². The molecule has 51 heavy (non-hydrogen) atoms. The van der Waals surface area contributed by atoms with Crippen LogP contribution in [0, 0.1) is 21.7 Å². The zero-order valence-corrected chi connectivity index (χ0v) is 34.4. The van der Waals surface area contributed by atoms with Gasteiger partial charge in [0.05, 0.1) is 6.04 Å². The maximum atomic E-state index is 12.3. The minimum atomic E-state index is -0.981. The molecule has 2 aromatic rings. The number of hydrogen-bond donors (Lipinski definition) is 4. The van der Waals surface area contributed by atoms with Crippen molar-refractivity contribution in [3.05, 3.63) is 71.8 Å². The van der Waals surface area contributed by atoms with Gasteiger partial charge in [-0.2, -0.15) is 0 Å². The number of Topliss-reactive ketones (excluding diaryl/α,β-unsaturated/α-hetero) is 1. The molecular formula is C43H72N2O6. The van der Waals surface area contributed by atoms with Crippen LogP contribution < -0.4 is 10.6 Å². The van der Waals surface area contributed by atoms with Crippen molar-refractivity contribution in [1.29, 1.82) is 0 Å². The number of rotatable bonds is 11. The van der Waals surface area contributed by atoms with Crippen LogP contribution >= 0.6 is 0 Å². The first-order valence-corrected chi connectivity index (χ1v) is 18.1. The topological polar surface area (TPSA) is 133 Å². The smallest absolute Gasteiger partial charge is 0.326 e. The lowest BCUT2D eigenvalue weighted by Crippen LogP contribution is -2.42. The number of carboxylic acid groups (broad SMARTS) is 1. The Hall–Kier alpha value is -3.52. The van der Waals surface area contributed by atoms with E-state index in [1.54, 1.807) is 0 Å². The standard InChI is InChI=1S/C17H25NO2.C11H16.C9H17NO3.C6H14O/c1-13(19)18-15(12-17(2,3)4)16(20)11-10-14-8-6-5-7-9-14;1-11(2,3)9-10-7-5-4-6-8-10;1-6(11)10-7(8(12)13)5-9(2,3)4;1-6(2,3)4-5-7/h5-9,15H,10-12H2,1-4H3,(H,18,19);4-8H,9H2,1-3H3;7H,5H2,1-4H3,(H,10,11)(H,12,13);7H,4-5H2,1-3H3/t15-;;7-;/m0.0./s1. The van der Waals surface area contributed by atoms with E-state index in [0.29, 0.717) is 36.7 Å². The van der Waals surface area contributed by atoms with Gasteiger partial charge < -0.3 is 20.8 Å². The average Bonchev–Trinajstić information content (AvgIpc) is 2.94. The number of carboxylic acids is 1. The Bertz CT molecular complexity index is 1260. The van der Waals surface area contributed by atoms with E-state index in [-0.39, 0.29) is 34.5 Å². The second-order valence-corrected chi connectivity index (χ2v) is 18.1. The van der Waals surface area contributed by atoms with Crippen molar-refractivity contribution in [3.63, 3.8) is 0 Å². The fraction of sp³-hybridized carbons (Fsp3) is 0.628. The Morgan fingerprint density at radius 1 is 0.588 bits per heavy atom. The summed E-state index contributed by atoms with van der Waals surface area (Å²) in [7, 11) is 0. The van der Waals surface area contributed by atoms with E-state index in [0.717, 1.165) is 24.8 Å². The Labute approximate surface area is 310 Å². The molecule has 290 valence electrons. The third kappa shape index (κ3) is 33.4. The first-order valence-electron chi connectivity index (χ1n) is 18.1. The summed E-state index contributed by atoms with van der Waals surface area (Å²) < 4.78 is 0. The van der Waals surface area contributed by atoms with E-state index < -0.39 is 12.0 Å². The highest BCUT2D eigenvalue weighted by atomic mass is 16.4. The first kappa shape index (κ1) is 49.6. The Kier molecular flexibility index (Phi) is 23.2. The number of amides is 2. The number of aliphatic hydroxyl groups excluding tert-OH is 1. The van der Waals surface area contributed by atoms with Crippen molar-refractivity contribution >= 4 is 23.6 Å². The Morgan fingerprint density at radius 3 is 1.29 bits per heavy atom. The molecule has 8 heteroatoms. The molecule has 0 saturated carbocycles. The third-order valence-corrected chi connectivity index (χ3v) is 7.02. The van der Waals surface area contributed by atoms with Crippen molar-refractivity contribution in [2.24, 2.45) is 21.7 Å². The number of benzene rings is 2. The van der Waals surface area contributed by atoms with Crippen LogP contribution in [0.5, 0.6) is 0 Å². The number of nitrogens with one attached hydrogen (secondary N) is 2. The molecular weight excluding hydrogens is 640 g/mol. The molecule has 0 bridgehead atoms. The normalized spacial score (nSPS) is 12.6. The molecule has 0 aliphatic carbocycles. The number of carbonyl (C=O) groups excluding carboxylic acids is 3. The van der Waals surface area contributed by atoms with Crippen molar-refractivity contribution in [1.82, 2.24) is 10.6 Å². The summed E-state index contributed by atoms with van der Waals surface area (Å²) in [5.41, 5.74) is 3.19. The predicted molar refractivity (Wildman–Crippen MR) is 212 cm³/mol. The molecule has 0 aliphatic rings. The summed E-state index contributed by atoms with van der Waals surface area (Å²) in [6, 6.07) is 19.4. The van der Waals surface area contributed by atoms with Crippen molar-refractivity contribution < 1.29 is 29.4 Å². The van der Waals surface area contributed by atoms with Crippen molar-refractivity contribution in [3.8, 4) is 0 Å². The van der Waals surface area contributed by atoms with E-state index >= 15 is 0 Å². The van der Waals surface area contributed by atoms with Crippen LogP contribution in [0.2, 0.25) is 0 Å². The maximum absolute atomic E-state index is 12.3. The van der Waals surface area contributed by atoms with Gasteiger partial charge in [-0.3, -0.25) is 14.4 Å². The summed E-state index contributed by atoms with van der Waals surface area (Å²) in [5, 5.41) is 22.4. The summed E-state index contributed by atoms with van der Waals surface area (Å²) in [6.45, 7) is 28.3. The van der Waals surface area contributed by atoms with Gasteiger partial charge in [0.2, 0.25) is 11.8 Å². The Balaban J connectivity index is 0. The Morgan fingerprint density at radius 2 is 0.980 bits per heavy atom. The van der Waals surface area contributed by atoms with E-state index in [4.69, 9.17) is 10.2 Å². The molecule has 2 amide bonds. The number of aryl methyl sites for hydroxylation is 1. The maximum Gasteiger partial charge on any atom is 0.326 e. The largest absolute Gasteiger partial charge is 0.480 e. The van der Waals surface area contributed by atoms with Crippen LogP contribution in [-0.4, -0.2) is 52.5 Å². The summed E-state index contributed by atoms with van der Waals surface area (Å²) in [4.78, 5) is 44.9. The van der Waals surface area contributed by atoms with Gasteiger partial charge in [-0.15, -0.1) is 0 Å². The van der Waals surface area contributed by atoms with Gasteiger partial charge in [0.15, 0.2) is 5.78 Å². The number of ketones is 1. The highest BCUT2D eigenvalue weighted by Crippen LogP contribution is 2.23. The van der Waals surface area contributed by atoms with Gasteiger partial charge in [-0.25, -0.2) is 4.79 Å². The van der Waals surface area contributed by atoms with Crippen molar-refractivity contribution in [2.75, 3.05) is 6.61 Å². The lowest BCUT2D eigenvalue weighted by atomic mass is 9.85. The zero-order chi connectivity index (χ0) is 40.1. The SMILES string of the molecule is CC(=O)N[C@@H](CC(C)(C)C)C(=O)CCc1ccccc1.CC(=O)N[C@@H](CC(C)(C)C)C(=O)O.CC(C)(C)CCO.CC(C)(C)Cc1ccccc1. The van der Waals surface area contributed by atoms with E-state index in [1.807, 2.05) is 51.1 Å². The highest BCUT2D eigenvalue weighted by Gasteiger charge is 2.26. The third-order valence-electron chi connectivity index (χ3n) is 7.02. The molecule has 2 atom stereocenters. The molecule has 0 fully saturated rings. The van der Waals surface area contributed by atoms with Gasteiger partial charge in [-0.05, 0) is 64.9 Å². The molecule has 0 radical (unpaired) electrons. The molecule has 2 rings (SSSR count). The summed E-state index contributed by atoms with van der Waals surface area (Å²) >= 11 is 0. The monoisotopic (exact) mass is 713 g/mol. The minimum absolute atomic E-state index is 0.00945. The zero-order valence-electron chi connectivity index (χ0n) is 34.4. The van der Waals surface area contributed by atoms with Crippen LogP contribution in [0.15, 0.2) is 60.7 Å². The predicted octanol–water partition coefficient (Wildman–Crippen LogP) is 8.83. The number of carbonyl (C=O) groups is 4. The van der Waals surface area contributed by atoms with Crippen LogP contribution in [0.4, 0.5) is 0 Å². The minimum Gasteiger partial charge on any atom is -0.480 e. The fourth-order valence-electron chi connectivity index (χ4n) is 4.79. The molecule has 0 heterocycles. The number of hydrogen-bond acceptors (Lipinski definition) is 5. The lowest BCUT2D eigenvalue weighted by molar-refractivity contribution is -0.142. The summed E-state index contributed by atoms with van der Waals surface area (Å²) in [6.07, 6.45) is 4.34. The molecule has 0 aromatic heterocycles. The average molecular weight is 713 g/mol. The van der Waals surface area contributed by atoms with Gasteiger partial charge in [-0.1, -0.05) is 144 Å². The van der Waals surface area contributed by atoms with Crippen molar-refractivity contribution in [2.45, 2.75) is 148 Å². The highest BCUT2D eigenvalue weighted by molar-refractivity contribution is 5.88. The number of aliphatic carboxylic acids is 1. The van der Waals surface area contributed by atoms with Crippen LogP contribution in [0.25, 0.3) is 0 Å². The quantitative estimate of drug-likeness (QED) is 0.184. The molecule has 4 N–H and O–H groups in total. The first-order chi connectivity index (χ1) is 23.1. The molecule has 0 unspecified atom stereocenters. The van der Waals surface area contributed by atoms with Crippen LogP contribution in [0.3, 0.4) is 0 Å². The van der Waals surface area contributed by atoms with Crippen LogP contribution in [-0.2, 0) is 32.0 Å².